The molecule has 110 valence electrons. The molecule has 6 heteroatoms. The number of hydrogen-bond acceptors (Lipinski definition) is 4. The van der Waals surface area contributed by atoms with Crippen LogP contribution in [0, 0.1) is 24.7 Å². The monoisotopic (exact) mass is 280 g/mol. The zero-order chi connectivity index (χ0) is 14.7. The Morgan fingerprint density at radius 1 is 1.45 bits per heavy atom. The number of aliphatic carboxylic acids is 1. The predicted octanol–water partition coefficient (Wildman–Crippen LogP) is 1.74. The maximum atomic E-state index is 12.2. The van der Waals surface area contributed by atoms with E-state index in [-0.39, 0.29) is 12.5 Å². The lowest BCUT2D eigenvalue weighted by atomic mass is 9.95. The minimum Gasteiger partial charge on any atom is -0.481 e. The second kappa shape index (κ2) is 6.07. The van der Waals surface area contributed by atoms with Gasteiger partial charge < -0.3 is 14.9 Å². The molecule has 1 unspecified atom stereocenters. The van der Waals surface area contributed by atoms with E-state index in [9.17, 15) is 14.7 Å². The summed E-state index contributed by atoms with van der Waals surface area (Å²) in [6.07, 6.45) is 2.15. The molecule has 20 heavy (non-hydrogen) atoms. The van der Waals surface area contributed by atoms with Gasteiger partial charge in [0.05, 0.1) is 24.1 Å². The molecular weight excluding hydrogens is 260 g/mol. The van der Waals surface area contributed by atoms with Gasteiger partial charge in [0, 0.05) is 6.07 Å². The Balaban J connectivity index is 1.95. The molecule has 1 amide bonds. The molecule has 1 heterocycles. The highest BCUT2D eigenvalue weighted by molar-refractivity contribution is 5.85. The SMILES string of the molecule is CCC1C[C@H](C(=O)NCc2cc(C)no2)[C@H](C(=O)O)C1. The van der Waals surface area contributed by atoms with Gasteiger partial charge in [0.15, 0.2) is 5.76 Å². The zero-order valence-corrected chi connectivity index (χ0v) is 11.8. The summed E-state index contributed by atoms with van der Waals surface area (Å²) in [4.78, 5) is 23.4. The third kappa shape index (κ3) is 3.18. The highest BCUT2D eigenvalue weighted by Crippen LogP contribution is 2.38. The topological polar surface area (TPSA) is 92.4 Å². The number of aryl methyl sites for hydroxylation is 1. The third-order valence-electron chi connectivity index (χ3n) is 4.01. The molecular formula is C14H20N2O4. The molecule has 2 N–H and O–H groups in total. The lowest BCUT2D eigenvalue weighted by molar-refractivity contribution is -0.146. The summed E-state index contributed by atoms with van der Waals surface area (Å²) < 4.78 is 5.01. The van der Waals surface area contributed by atoms with Gasteiger partial charge in [-0.15, -0.1) is 0 Å². The van der Waals surface area contributed by atoms with E-state index in [0.29, 0.717) is 24.5 Å². The standard InChI is InChI=1S/C14H20N2O4/c1-3-9-5-11(12(6-9)14(18)19)13(17)15-7-10-4-8(2)16-20-10/h4,9,11-12H,3,5-7H2,1-2H3,(H,15,17)(H,18,19)/t9?,11-,12+/m0/s1. The second-order valence-corrected chi connectivity index (χ2v) is 5.45. The van der Waals surface area contributed by atoms with Crippen LogP contribution in [-0.2, 0) is 16.1 Å². The minimum atomic E-state index is -0.878. The Labute approximate surface area is 117 Å². The average molecular weight is 280 g/mol. The number of amides is 1. The molecule has 0 saturated heterocycles. The van der Waals surface area contributed by atoms with Crippen LogP contribution in [-0.4, -0.2) is 22.1 Å². The van der Waals surface area contributed by atoms with Crippen molar-refractivity contribution in [3.8, 4) is 0 Å². The van der Waals surface area contributed by atoms with Crippen molar-refractivity contribution in [2.45, 2.75) is 39.7 Å². The van der Waals surface area contributed by atoms with Gasteiger partial charge in [0.1, 0.15) is 0 Å². The first-order valence-electron chi connectivity index (χ1n) is 6.94. The van der Waals surface area contributed by atoms with Crippen LogP contribution in [0.5, 0.6) is 0 Å². The summed E-state index contributed by atoms with van der Waals surface area (Å²) in [5, 5.41) is 15.7. The van der Waals surface area contributed by atoms with Crippen LogP contribution in [0.2, 0.25) is 0 Å². The number of carboxylic acid groups (broad SMARTS) is 1. The van der Waals surface area contributed by atoms with Gasteiger partial charge in [-0.05, 0) is 25.7 Å². The first-order valence-corrected chi connectivity index (χ1v) is 6.94. The van der Waals surface area contributed by atoms with Crippen LogP contribution in [0.15, 0.2) is 10.6 Å². The molecule has 0 radical (unpaired) electrons. The Bertz CT molecular complexity index is 497. The van der Waals surface area contributed by atoms with Gasteiger partial charge in [-0.2, -0.15) is 0 Å². The Kier molecular flexibility index (Phi) is 4.42. The third-order valence-corrected chi connectivity index (χ3v) is 4.01. The molecule has 2 rings (SSSR count). The Morgan fingerprint density at radius 2 is 2.15 bits per heavy atom. The highest BCUT2D eigenvalue weighted by Gasteiger charge is 2.41. The van der Waals surface area contributed by atoms with Gasteiger partial charge in [-0.25, -0.2) is 0 Å². The fourth-order valence-corrected chi connectivity index (χ4v) is 2.84. The minimum absolute atomic E-state index is 0.206. The molecule has 3 atom stereocenters. The van der Waals surface area contributed by atoms with Crippen LogP contribution in [0.3, 0.4) is 0 Å². The second-order valence-electron chi connectivity index (χ2n) is 5.45. The molecule has 1 fully saturated rings. The van der Waals surface area contributed by atoms with E-state index in [1.165, 1.54) is 0 Å². The average Bonchev–Trinajstić information content (AvgIpc) is 3.02. The number of hydrogen-bond donors (Lipinski definition) is 2. The van der Waals surface area contributed by atoms with Crippen LogP contribution in [0.4, 0.5) is 0 Å². The summed E-state index contributed by atoms with van der Waals surface area (Å²) in [5.41, 5.74) is 0.754. The normalized spacial score (nSPS) is 25.6. The number of carboxylic acids is 1. The maximum absolute atomic E-state index is 12.2. The summed E-state index contributed by atoms with van der Waals surface area (Å²) in [7, 11) is 0. The molecule has 1 aliphatic carbocycles. The van der Waals surface area contributed by atoms with E-state index in [2.05, 4.69) is 10.5 Å². The van der Waals surface area contributed by atoms with Crippen molar-refractivity contribution in [1.29, 1.82) is 0 Å². The smallest absolute Gasteiger partial charge is 0.307 e. The predicted molar refractivity (Wildman–Crippen MR) is 70.7 cm³/mol. The van der Waals surface area contributed by atoms with Gasteiger partial charge in [0.2, 0.25) is 5.91 Å². The fraction of sp³-hybridized carbons (Fsp3) is 0.643. The van der Waals surface area contributed by atoms with Crippen LogP contribution in [0.1, 0.15) is 37.6 Å². The molecule has 1 aromatic rings. The van der Waals surface area contributed by atoms with E-state index in [0.717, 1.165) is 12.1 Å². The molecule has 1 saturated carbocycles. The molecule has 0 aromatic carbocycles. The summed E-state index contributed by atoms with van der Waals surface area (Å²) >= 11 is 0. The lowest BCUT2D eigenvalue weighted by Gasteiger charge is -2.14. The number of carbonyl (C=O) groups is 2. The van der Waals surface area contributed by atoms with Gasteiger partial charge >= 0.3 is 5.97 Å². The van der Waals surface area contributed by atoms with Gasteiger partial charge in [-0.3, -0.25) is 9.59 Å². The lowest BCUT2D eigenvalue weighted by Crippen LogP contribution is -2.34. The molecule has 6 nitrogen and oxygen atoms in total. The molecule has 0 spiro atoms. The number of nitrogens with one attached hydrogen (secondary N) is 1. The highest BCUT2D eigenvalue weighted by atomic mass is 16.5. The molecule has 0 bridgehead atoms. The summed E-state index contributed by atoms with van der Waals surface area (Å²) in [6, 6.07) is 1.75. The van der Waals surface area contributed by atoms with Crippen molar-refractivity contribution >= 4 is 11.9 Å². The summed E-state index contributed by atoms with van der Waals surface area (Å²) in [5.74, 6) is -1.20. The first kappa shape index (κ1) is 14.6. The first-order chi connectivity index (χ1) is 9.51. The maximum Gasteiger partial charge on any atom is 0.307 e. The van der Waals surface area contributed by atoms with E-state index < -0.39 is 17.8 Å². The zero-order valence-electron chi connectivity index (χ0n) is 11.8. The van der Waals surface area contributed by atoms with Crippen molar-refractivity contribution in [3.63, 3.8) is 0 Å². The number of rotatable bonds is 5. The van der Waals surface area contributed by atoms with E-state index in [4.69, 9.17) is 4.52 Å². The molecule has 1 aliphatic rings. The Hall–Kier alpha value is -1.85. The van der Waals surface area contributed by atoms with E-state index in [1.807, 2.05) is 6.92 Å². The fourth-order valence-electron chi connectivity index (χ4n) is 2.84. The van der Waals surface area contributed by atoms with Gasteiger partial charge in [0.25, 0.3) is 0 Å². The van der Waals surface area contributed by atoms with Crippen molar-refractivity contribution in [2.75, 3.05) is 0 Å². The van der Waals surface area contributed by atoms with Crippen molar-refractivity contribution in [3.05, 3.63) is 17.5 Å². The number of aromatic nitrogens is 1. The van der Waals surface area contributed by atoms with Crippen LogP contribution in [0.25, 0.3) is 0 Å². The van der Waals surface area contributed by atoms with E-state index >= 15 is 0 Å². The van der Waals surface area contributed by atoms with Crippen molar-refractivity contribution in [2.24, 2.45) is 17.8 Å². The van der Waals surface area contributed by atoms with Crippen molar-refractivity contribution < 1.29 is 19.2 Å². The van der Waals surface area contributed by atoms with Gasteiger partial charge in [-0.1, -0.05) is 18.5 Å². The largest absolute Gasteiger partial charge is 0.481 e. The quantitative estimate of drug-likeness (QED) is 0.857. The van der Waals surface area contributed by atoms with Crippen molar-refractivity contribution in [1.82, 2.24) is 10.5 Å². The van der Waals surface area contributed by atoms with Crippen LogP contribution < -0.4 is 5.32 Å². The Morgan fingerprint density at radius 3 is 2.70 bits per heavy atom. The number of carbonyl (C=O) groups excluding carboxylic acids is 1. The number of nitrogens with zero attached hydrogens (tertiary/aromatic N) is 1. The molecule has 0 aliphatic heterocycles. The van der Waals surface area contributed by atoms with Crippen LogP contribution >= 0.6 is 0 Å². The van der Waals surface area contributed by atoms with E-state index in [1.54, 1.807) is 13.0 Å². The molecule has 1 aromatic heterocycles. The summed E-state index contributed by atoms with van der Waals surface area (Å²) in [6.45, 7) is 4.08.